The van der Waals surface area contributed by atoms with Crippen LogP contribution in [0.3, 0.4) is 0 Å². The van der Waals surface area contributed by atoms with Gasteiger partial charge in [0.1, 0.15) is 0 Å². The summed E-state index contributed by atoms with van der Waals surface area (Å²) in [6, 6.07) is 2.19. The molecule has 0 saturated heterocycles. The molecule has 0 fully saturated rings. The van der Waals surface area contributed by atoms with Crippen LogP contribution in [0.15, 0.2) is 28.1 Å². The lowest BCUT2D eigenvalue weighted by Crippen LogP contribution is -2.20. The molecule has 90 valence electrons. The van der Waals surface area contributed by atoms with E-state index in [0.29, 0.717) is 0 Å². The van der Waals surface area contributed by atoms with E-state index in [0.717, 1.165) is 31.8 Å². The Balaban J connectivity index is 2.05. The minimum Gasteiger partial charge on any atom is -0.316 e. The van der Waals surface area contributed by atoms with Gasteiger partial charge < -0.3 is 5.32 Å². The molecule has 0 saturated carbocycles. The van der Waals surface area contributed by atoms with Gasteiger partial charge in [0.2, 0.25) is 0 Å². The molecule has 16 heavy (non-hydrogen) atoms. The van der Waals surface area contributed by atoms with Crippen molar-refractivity contribution in [3.8, 4) is 0 Å². The van der Waals surface area contributed by atoms with Crippen molar-refractivity contribution in [1.29, 1.82) is 0 Å². The standard InChI is InChI=1S/C13H20BrNS/c1-11(2)9-15-7-5-3-4-6-13-8-12(14)10-16-13/h3-4,8,10-11,15H,5-7,9H2,1-2H3. The largest absolute Gasteiger partial charge is 0.316 e. The van der Waals surface area contributed by atoms with Crippen LogP contribution >= 0.6 is 27.3 Å². The molecule has 0 spiro atoms. The van der Waals surface area contributed by atoms with Gasteiger partial charge in [0.05, 0.1) is 0 Å². The second kappa shape index (κ2) is 8.04. The van der Waals surface area contributed by atoms with Gasteiger partial charge in [-0.05, 0) is 53.8 Å². The van der Waals surface area contributed by atoms with Gasteiger partial charge in [-0.3, -0.25) is 0 Å². The highest BCUT2D eigenvalue weighted by Gasteiger charge is 1.94. The van der Waals surface area contributed by atoms with Crippen LogP contribution in [-0.2, 0) is 6.42 Å². The molecule has 0 radical (unpaired) electrons. The van der Waals surface area contributed by atoms with Gasteiger partial charge in [-0.1, -0.05) is 26.0 Å². The van der Waals surface area contributed by atoms with Crippen LogP contribution in [-0.4, -0.2) is 13.1 Å². The first-order valence-corrected chi connectivity index (χ1v) is 7.44. The van der Waals surface area contributed by atoms with Crippen LogP contribution in [0, 0.1) is 5.92 Å². The smallest absolute Gasteiger partial charge is 0.0285 e. The molecule has 0 aromatic carbocycles. The zero-order valence-electron chi connectivity index (χ0n) is 10.0. The SMILES string of the molecule is CC(C)CNCCC=CCc1cc(Br)cs1. The summed E-state index contributed by atoms with van der Waals surface area (Å²) in [5.41, 5.74) is 0. The van der Waals surface area contributed by atoms with Crippen molar-refractivity contribution in [2.24, 2.45) is 5.92 Å². The summed E-state index contributed by atoms with van der Waals surface area (Å²) in [4.78, 5) is 1.42. The topological polar surface area (TPSA) is 12.0 Å². The van der Waals surface area contributed by atoms with Crippen molar-refractivity contribution < 1.29 is 0 Å². The highest BCUT2D eigenvalue weighted by Crippen LogP contribution is 2.20. The maximum absolute atomic E-state index is 3.47. The Bertz CT molecular complexity index is 317. The van der Waals surface area contributed by atoms with Crippen LogP contribution < -0.4 is 5.32 Å². The first-order valence-electron chi connectivity index (χ1n) is 5.77. The zero-order chi connectivity index (χ0) is 11.8. The first-order chi connectivity index (χ1) is 7.68. The molecular formula is C13H20BrNS. The Morgan fingerprint density at radius 3 is 2.88 bits per heavy atom. The summed E-state index contributed by atoms with van der Waals surface area (Å²) < 4.78 is 1.19. The highest BCUT2D eigenvalue weighted by molar-refractivity contribution is 9.10. The number of halogens is 1. The van der Waals surface area contributed by atoms with E-state index in [2.05, 4.69) is 58.7 Å². The molecule has 0 amide bonds. The van der Waals surface area contributed by atoms with Gasteiger partial charge in [0, 0.05) is 14.7 Å². The molecule has 0 aliphatic heterocycles. The number of thiophene rings is 1. The summed E-state index contributed by atoms with van der Waals surface area (Å²) in [6.07, 6.45) is 6.70. The summed E-state index contributed by atoms with van der Waals surface area (Å²) in [7, 11) is 0. The third-order valence-electron chi connectivity index (χ3n) is 2.15. The van der Waals surface area contributed by atoms with Gasteiger partial charge >= 0.3 is 0 Å². The van der Waals surface area contributed by atoms with Gasteiger partial charge in [-0.2, -0.15) is 0 Å². The van der Waals surface area contributed by atoms with Crippen LogP contribution in [0.1, 0.15) is 25.1 Å². The third-order valence-corrected chi connectivity index (χ3v) is 3.87. The normalized spacial score (nSPS) is 11.8. The Labute approximate surface area is 111 Å². The predicted molar refractivity (Wildman–Crippen MR) is 77.2 cm³/mol. The van der Waals surface area contributed by atoms with Crippen molar-refractivity contribution in [2.45, 2.75) is 26.7 Å². The number of hydrogen-bond donors (Lipinski definition) is 1. The third kappa shape index (κ3) is 6.46. The Morgan fingerprint density at radius 1 is 1.44 bits per heavy atom. The van der Waals surface area contributed by atoms with Crippen molar-refractivity contribution in [2.75, 3.05) is 13.1 Å². The van der Waals surface area contributed by atoms with Crippen molar-refractivity contribution in [3.63, 3.8) is 0 Å². The molecule has 1 aromatic heterocycles. The van der Waals surface area contributed by atoms with Crippen LogP contribution in [0.5, 0.6) is 0 Å². The molecule has 1 heterocycles. The molecule has 1 nitrogen and oxygen atoms in total. The monoisotopic (exact) mass is 301 g/mol. The van der Waals surface area contributed by atoms with Crippen molar-refractivity contribution >= 4 is 27.3 Å². The van der Waals surface area contributed by atoms with Gasteiger partial charge in [0.15, 0.2) is 0 Å². The van der Waals surface area contributed by atoms with Crippen molar-refractivity contribution in [3.05, 3.63) is 32.9 Å². The predicted octanol–water partition coefficient (Wildman–Crippen LogP) is 4.25. The lowest BCUT2D eigenvalue weighted by atomic mass is 10.2. The lowest BCUT2D eigenvalue weighted by molar-refractivity contribution is 0.556. The molecule has 1 aromatic rings. The average molecular weight is 302 g/mol. The van der Waals surface area contributed by atoms with Gasteiger partial charge in [-0.25, -0.2) is 0 Å². The number of nitrogens with one attached hydrogen (secondary N) is 1. The van der Waals surface area contributed by atoms with E-state index in [1.165, 1.54) is 9.35 Å². The van der Waals surface area contributed by atoms with Crippen LogP contribution in [0.4, 0.5) is 0 Å². The molecular weight excluding hydrogens is 282 g/mol. The van der Waals surface area contributed by atoms with Crippen molar-refractivity contribution in [1.82, 2.24) is 5.32 Å². The summed E-state index contributed by atoms with van der Waals surface area (Å²) in [6.45, 7) is 6.67. The summed E-state index contributed by atoms with van der Waals surface area (Å²) in [5.74, 6) is 0.743. The Hall–Kier alpha value is -0.120. The quantitative estimate of drug-likeness (QED) is 0.586. The molecule has 0 atom stereocenters. The van der Waals surface area contributed by atoms with E-state index in [9.17, 15) is 0 Å². The highest BCUT2D eigenvalue weighted by atomic mass is 79.9. The second-order valence-corrected chi connectivity index (χ2v) is 6.20. The van der Waals surface area contributed by atoms with E-state index in [1.807, 2.05) is 11.3 Å². The van der Waals surface area contributed by atoms with Gasteiger partial charge in [0.25, 0.3) is 0 Å². The molecule has 0 aliphatic rings. The molecule has 1 N–H and O–H groups in total. The molecule has 1 rings (SSSR count). The first kappa shape index (κ1) is 13.9. The van der Waals surface area contributed by atoms with E-state index in [1.54, 1.807) is 0 Å². The number of rotatable bonds is 7. The summed E-state index contributed by atoms with van der Waals surface area (Å²) >= 11 is 5.27. The van der Waals surface area contributed by atoms with Crippen LogP contribution in [0.25, 0.3) is 0 Å². The molecule has 0 aliphatic carbocycles. The number of hydrogen-bond acceptors (Lipinski definition) is 2. The molecule has 0 unspecified atom stereocenters. The minimum atomic E-state index is 0.743. The van der Waals surface area contributed by atoms with E-state index in [4.69, 9.17) is 0 Å². The van der Waals surface area contributed by atoms with E-state index < -0.39 is 0 Å². The number of allylic oxidation sites excluding steroid dienone is 1. The molecule has 3 heteroatoms. The minimum absolute atomic E-state index is 0.743. The molecule has 0 bridgehead atoms. The Morgan fingerprint density at radius 2 is 2.25 bits per heavy atom. The van der Waals surface area contributed by atoms with Crippen LogP contribution in [0.2, 0.25) is 0 Å². The zero-order valence-corrected chi connectivity index (χ0v) is 12.4. The fourth-order valence-corrected chi connectivity index (χ4v) is 2.78. The van der Waals surface area contributed by atoms with E-state index >= 15 is 0 Å². The maximum atomic E-state index is 3.47. The maximum Gasteiger partial charge on any atom is 0.0285 e. The lowest BCUT2D eigenvalue weighted by Gasteiger charge is -2.04. The fraction of sp³-hybridized carbons (Fsp3) is 0.538. The summed E-state index contributed by atoms with van der Waals surface area (Å²) in [5, 5.41) is 5.56. The van der Waals surface area contributed by atoms with Gasteiger partial charge in [-0.15, -0.1) is 11.3 Å². The Kier molecular flexibility index (Phi) is 7.01. The fourth-order valence-electron chi connectivity index (χ4n) is 1.35. The second-order valence-electron chi connectivity index (χ2n) is 4.29. The average Bonchev–Trinajstić information content (AvgIpc) is 2.62. The van der Waals surface area contributed by atoms with E-state index in [-0.39, 0.29) is 0 Å².